The molecule has 1 aliphatic rings. The molecule has 0 saturated carbocycles. The van der Waals surface area contributed by atoms with E-state index in [0.29, 0.717) is 43.5 Å². The van der Waals surface area contributed by atoms with Gasteiger partial charge in [0.1, 0.15) is 23.9 Å². The molecule has 1 heterocycles. The summed E-state index contributed by atoms with van der Waals surface area (Å²) in [6.45, 7) is 3.66. The second-order valence-corrected chi connectivity index (χ2v) is 10.3. The molecule has 0 bridgehead atoms. The van der Waals surface area contributed by atoms with Crippen LogP contribution in [-0.2, 0) is 20.9 Å². The van der Waals surface area contributed by atoms with Gasteiger partial charge in [-0.05, 0) is 89.5 Å². The quantitative estimate of drug-likeness (QED) is 0.114. The molecule has 3 aromatic rings. The highest BCUT2D eigenvalue weighted by molar-refractivity contribution is 9.10. The largest absolute Gasteiger partial charge is 0.488 e. The van der Waals surface area contributed by atoms with Crippen LogP contribution >= 0.6 is 28.1 Å². The molecule has 218 valence electrons. The summed E-state index contributed by atoms with van der Waals surface area (Å²) in [5.74, 6) is -0.265. The maximum atomic E-state index is 13.1. The Bertz CT molecular complexity index is 1530. The van der Waals surface area contributed by atoms with Crippen LogP contribution in [0.3, 0.4) is 0 Å². The van der Waals surface area contributed by atoms with Gasteiger partial charge in [0.25, 0.3) is 5.91 Å². The molecule has 1 aliphatic heterocycles. The van der Waals surface area contributed by atoms with E-state index in [4.69, 9.17) is 26.4 Å². The lowest BCUT2D eigenvalue weighted by Gasteiger charge is -2.30. The number of allylic oxidation sites excluding steroid dienone is 1. The smallest absolute Gasteiger partial charge is 0.338 e. The Balaban J connectivity index is 1.34. The molecular formula is C30H28BrFN4O5S. The van der Waals surface area contributed by atoms with Gasteiger partial charge in [0.05, 0.1) is 28.9 Å². The Kier molecular flexibility index (Phi) is 10.6. The van der Waals surface area contributed by atoms with Crippen LogP contribution in [0.4, 0.5) is 4.39 Å². The third-order valence-corrected chi connectivity index (χ3v) is 6.86. The van der Waals surface area contributed by atoms with E-state index in [-0.39, 0.29) is 25.6 Å². The minimum atomic E-state index is -0.629. The van der Waals surface area contributed by atoms with Crippen molar-refractivity contribution in [2.24, 2.45) is 5.10 Å². The molecule has 0 radical (unpaired) electrons. The fourth-order valence-corrected chi connectivity index (χ4v) is 4.85. The van der Waals surface area contributed by atoms with Crippen molar-refractivity contribution in [1.82, 2.24) is 16.1 Å². The van der Waals surface area contributed by atoms with E-state index in [1.54, 1.807) is 68.4 Å². The third-order valence-electron chi connectivity index (χ3n) is 6.02. The molecule has 9 nitrogen and oxygen atoms in total. The lowest BCUT2D eigenvalue weighted by molar-refractivity contribution is -0.139. The average molecular weight is 656 g/mol. The summed E-state index contributed by atoms with van der Waals surface area (Å²) in [5, 5.41) is 10.4. The number of para-hydroxylation sites is 1. The van der Waals surface area contributed by atoms with Gasteiger partial charge >= 0.3 is 5.97 Å². The first-order valence-electron chi connectivity index (χ1n) is 12.9. The summed E-state index contributed by atoms with van der Waals surface area (Å²) in [6, 6.07) is 17.8. The predicted octanol–water partition coefficient (Wildman–Crippen LogP) is 5.05. The van der Waals surface area contributed by atoms with Crippen LogP contribution in [0.5, 0.6) is 11.5 Å². The van der Waals surface area contributed by atoms with Gasteiger partial charge in [-0.25, -0.2) is 14.6 Å². The van der Waals surface area contributed by atoms with Gasteiger partial charge in [-0.1, -0.05) is 30.3 Å². The monoisotopic (exact) mass is 654 g/mol. The summed E-state index contributed by atoms with van der Waals surface area (Å²) >= 11 is 8.77. The fraction of sp³-hybridized carbons (Fsp3) is 0.200. The first-order valence-corrected chi connectivity index (χ1v) is 14.1. The Morgan fingerprint density at radius 1 is 1.10 bits per heavy atom. The number of carbonyl (C=O) groups is 2. The molecule has 0 fully saturated rings. The zero-order valence-corrected chi connectivity index (χ0v) is 25.2. The number of esters is 1. The fourth-order valence-electron chi connectivity index (χ4n) is 4.07. The van der Waals surface area contributed by atoms with Crippen molar-refractivity contribution in [3.05, 3.63) is 105 Å². The van der Waals surface area contributed by atoms with Crippen molar-refractivity contribution in [3.8, 4) is 11.5 Å². The van der Waals surface area contributed by atoms with E-state index in [2.05, 4.69) is 37.1 Å². The molecular weight excluding hydrogens is 627 g/mol. The van der Waals surface area contributed by atoms with Gasteiger partial charge in [0.2, 0.25) is 0 Å². The number of rotatable bonds is 11. The summed E-state index contributed by atoms with van der Waals surface area (Å²) in [7, 11) is 0. The third kappa shape index (κ3) is 8.14. The number of halogens is 2. The SMILES string of the molecule is CCOC(=O)C1=C(C)NC(=S)N[C@H]1c1ccccc1OCC(=O)NN=Cc1ccc(OCc2ccc(F)cc2)c(Br)c1. The summed E-state index contributed by atoms with van der Waals surface area (Å²) < 4.78 is 30.6. The van der Waals surface area contributed by atoms with Crippen molar-refractivity contribution in [2.45, 2.75) is 26.5 Å². The Morgan fingerprint density at radius 3 is 2.60 bits per heavy atom. The Labute approximate surface area is 256 Å². The van der Waals surface area contributed by atoms with Crippen molar-refractivity contribution in [1.29, 1.82) is 0 Å². The topological polar surface area (TPSA) is 110 Å². The number of hydrogen-bond donors (Lipinski definition) is 3. The van der Waals surface area contributed by atoms with Gasteiger partial charge in [-0.3, -0.25) is 4.79 Å². The van der Waals surface area contributed by atoms with Crippen LogP contribution in [0, 0.1) is 5.82 Å². The lowest BCUT2D eigenvalue weighted by atomic mass is 9.95. The average Bonchev–Trinajstić information content (AvgIpc) is 2.96. The second kappa shape index (κ2) is 14.6. The van der Waals surface area contributed by atoms with E-state index >= 15 is 0 Å². The predicted molar refractivity (Wildman–Crippen MR) is 163 cm³/mol. The standard InChI is InChI=1S/C30H28BrFN4O5S/c1-3-39-29(38)27-18(2)34-30(42)35-28(27)22-6-4-5-7-24(22)41-17-26(37)36-33-15-20-10-13-25(23(31)14-20)40-16-19-8-11-21(32)12-9-19/h4-15,28H,3,16-17H2,1-2H3,(H,36,37)(H2,34,35,42)/t28-/m0/s1. The second-order valence-electron chi connectivity index (χ2n) is 9.02. The number of nitrogens with zero attached hydrogens (tertiary/aromatic N) is 1. The van der Waals surface area contributed by atoms with Crippen molar-refractivity contribution >= 4 is 51.4 Å². The van der Waals surface area contributed by atoms with E-state index in [1.165, 1.54) is 18.3 Å². The number of nitrogens with one attached hydrogen (secondary N) is 3. The maximum Gasteiger partial charge on any atom is 0.338 e. The number of benzene rings is 3. The molecule has 42 heavy (non-hydrogen) atoms. The van der Waals surface area contributed by atoms with Crippen LogP contribution in [-0.4, -0.2) is 36.4 Å². The minimum Gasteiger partial charge on any atom is -0.488 e. The highest BCUT2D eigenvalue weighted by Crippen LogP contribution is 2.33. The van der Waals surface area contributed by atoms with Crippen LogP contribution < -0.4 is 25.5 Å². The molecule has 0 aliphatic carbocycles. The number of hydrogen-bond acceptors (Lipinski definition) is 7. The Hall–Kier alpha value is -4.29. The Morgan fingerprint density at radius 2 is 1.86 bits per heavy atom. The van der Waals surface area contributed by atoms with Gasteiger partial charge in [-0.15, -0.1) is 0 Å². The zero-order valence-electron chi connectivity index (χ0n) is 22.8. The minimum absolute atomic E-state index is 0.220. The summed E-state index contributed by atoms with van der Waals surface area (Å²) in [6.07, 6.45) is 1.49. The van der Waals surface area contributed by atoms with Crippen molar-refractivity contribution < 1.29 is 28.2 Å². The molecule has 0 spiro atoms. The first-order chi connectivity index (χ1) is 20.2. The molecule has 1 atom stereocenters. The van der Waals surface area contributed by atoms with E-state index in [0.717, 1.165) is 5.56 Å². The summed E-state index contributed by atoms with van der Waals surface area (Å²) in [5.41, 5.74) is 5.55. The first kappa shape index (κ1) is 30.7. The van der Waals surface area contributed by atoms with Gasteiger partial charge in [-0.2, -0.15) is 5.10 Å². The van der Waals surface area contributed by atoms with Crippen LogP contribution in [0.2, 0.25) is 0 Å². The molecule has 1 amide bonds. The zero-order chi connectivity index (χ0) is 30.1. The van der Waals surface area contributed by atoms with Crippen LogP contribution in [0.15, 0.2) is 87.6 Å². The molecule has 0 unspecified atom stereocenters. The van der Waals surface area contributed by atoms with Gasteiger partial charge in [0.15, 0.2) is 11.7 Å². The molecule has 4 rings (SSSR count). The molecule has 0 aromatic heterocycles. The number of thiocarbonyl (C=S) groups is 1. The van der Waals surface area contributed by atoms with E-state index in [1.807, 2.05) is 0 Å². The van der Waals surface area contributed by atoms with Crippen molar-refractivity contribution in [3.63, 3.8) is 0 Å². The highest BCUT2D eigenvalue weighted by atomic mass is 79.9. The highest BCUT2D eigenvalue weighted by Gasteiger charge is 2.32. The van der Waals surface area contributed by atoms with Crippen molar-refractivity contribution in [2.75, 3.05) is 13.2 Å². The molecule has 3 aromatic carbocycles. The van der Waals surface area contributed by atoms with Gasteiger partial charge in [0, 0.05) is 11.3 Å². The molecule has 3 N–H and O–H groups in total. The van der Waals surface area contributed by atoms with Gasteiger partial charge < -0.3 is 24.8 Å². The lowest BCUT2D eigenvalue weighted by Crippen LogP contribution is -2.45. The normalized spacial score (nSPS) is 14.7. The number of ether oxygens (including phenoxy) is 3. The van der Waals surface area contributed by atoms with Crippen LogP contribution in [0.25, 0.3) is 0 Å². The van der Waals surface area contributed by atoms with E-state index in [9.17, 15) is 14.0 Å². The number of hydrazone groups is 1. The molecule has 12 heteroatoms. The summed E-state index contributed by atoms with van der Waals surface area (Å²) in [4.78, 5) is 25.2. The van der Waals surface area contributed by atoms with E-state index < -0.39 is 17.9 Å². The van der Waals surface area contributed by atoms with Crippen LogP contribution in [0.1, 0.15) is 36.6 Å². The number of carbonyl (C=O) groups excluding carboxylic acids is 2. The molecule has 0 saturated heterocycles. The maximum absolute atomic E-state index is 13.1. The number of amides is 1.